The van der Waals surface area contributed by atoms with Gasteiger partial charge in [-0.1, -0.05) is 41.9 Å². The van der Waals surface area contributed by atoms with Gasteiger partial charge in [0.25, 0.3) is 0 Å². The molecule has 0 amide bonds. The molecular weight excluding hydrogens is 260 g/mol. The fraction of sp³-hybridized carbons (Fsp3) is 0.188. The highest BCUT2D eigenvalue weighted by atomic mass is 35.5. The fourth-order valence-corrected chi connectivity index (χ4v) is 2.07. The zero-order valence-electron chi connectivity index (χ0n) is 10.7. The molecule has 2 aromatic rings. The molecule has 0 radical (unpaired) electrons. The summed E-state index contributed by atoms with van der Waals surface area (Å²) in [6.07, 6.45) is 0.343. The van der Waals surface area contributed by atoms with Crippen LogP contribution in [0, 0.1) is 0 Å². The van der Waals surface area contributed by atoms with E-state index in [1.54, 1.807) is 18.2 Å². The van der Waals surface area contributed by atoms with E-state index in [0.717, 1.165) is 5.56 Å². The summed E-state index contributed by atoms with van der Waals surface area (Å²) in [6.45, 7) is 2.47. The molecule has 98 valence electrons. The van der Waals surface area contributed by atoms with Crippen molar-refractivity contribution in [2.75, 3.05) is 6.61 Å². The molecule has 0 saturated carbocycles. The smallest absolute Gasteiger partial charge is 0.168 e. The van der Waals surface area contributed by atoms with E-state index in [1.807, 2.05) is 37.3 Å². The Hall–Kier alpha value is -1.80. The van der Waals surface area contributed by atoms with Crippen molar-refractivity contribution >= 4 is 17.4 Å². The number of carbonyl (C=O) groups excluding carboxylic acids is 1. The van der Waals surface area contributed by atoms with Crippen molar-refractivity contribution in [1.29, 1.82) is 0 Å². The number of ketones is 1. The van der Waals surface area contributed by atoms with E-state index < -0.39 is 0 Å². The predicted octanol–water partition coefficient (Wildman–Crippen LogP) is 4.16. The van der Waals surface area contributed by atoms with Gasteiger partial charge in [-0.05, 0) is 30.7 Å². The molecular formula is C16H15ClO2. The van der Waals surface area contributed by atoms with Gasteiger partial charge in [-0.3, -0.25) is 4.79 Å². The van der Waals surface area contributed by atoms with Gasteiger partial charge in [-0.2, -0.15) is 0 Å². The maximum Gasteiger partial charge on any atom is 0.168 e. The van der Waals surface area contributed by atoms with Crippen molar-refractivity contribution < 1.29 is 9.53 Å². The van der Waals surface area contributed by atoms with Gasteiger partial charge in [-0.25, -0.2) is 0 Å². The lowest BCUT2D eigenvalue weighted by molar-refractivity contribution is 0.0992. The maximum absolute atomic E-state index is 12.3. The minimum Gasteiger partial charge on any atom is -0.494 e. The number of halogens is 1. The molecule has 0 heterocycles. The largest absolute Gasteiger partial charge is 0.494 e. The monoisotopic (exact) mass is 274 g/mol. The summed E-state index contributed by atoms with van der Waals surface area (Å²) in [5.41, 5.74) is 1.49. The van der Waals surface area contributed by atoms with Gasteiger partial charge in [0.1, 0.15) is 5.75 Å². The van der Waals surface area contributed by atoms with Crippen molar-refractivity contribution in [3.05, 3.63) is 64.7 Å². The first-order valence-corrected chi connectivity index (χ1v) is 6.58. The molecule has 2 rings (SSSR count). The fourth-order valence-electron chi connectivity index (χ4n) is 1.85. The van der Waals surface area contributed by atoms with Crippen molar-refractivity contribution in [1.82, 2.24) is 0 Å². The molecule has 2 aromatic carbocycles. The number of hydrogen-bond acceptors (Lipinski definition) is 2. The Morgan fingerprint density at radius 1 is 1.16 bits per heavy atom. The third-order valence-electron chi connectivity index (χ3n) is 2.76. The normalized spacial score (nSPS) is 10.2. The van der Waals surface area contributed by atoms with E-state index in [2.05, 4.69) is 0 Å². The van der Waals surface area contributed by atoms with Gasteiger partial charge in [0.05, 0.1) is 11.6 Å². The van der Waals surface area contributed by atoms with Crippen LogP contribution >= 0.6 is 11.6 Å². The Labute approximate surface area is 118 Å². The number of rotatable bonds is 5. The van der Waals surface area contributed by atoms with E-state index >= 15 is 0 Å². The van der Waals surface area contributed by atoms with Gasteiger partial charge in [0.2, 0.25) is 0 Å². The number of benzene rings is 2. The third-order valence-corrected chi connectivity index (χ3v) is 3.09. The minimum atomic E-state index is -0.00208. The number of hydrogen-bond donors (Lipinski definition) is 0. The standard InChI is InChI=1S/C16H15ClO2/c1-2-19-13-8-9-15(17)14(11-13)16(18)10-12-6-4-3-5-7-12/h3-9,11H,2,10H2,1H3. The van der Waals surface area contributed by atoms with E-state index in [1.165, 1.54) is 0 Å². The quantitative estimate of drug-likeness (QED) is 0.765. The zero-order chi connectivity index (χ0) is 13.7. The molecule has 2 nitrogen and oxygen atoms in total. The SMILES string of the molecule is CCOc1ccc(Cl)c(C(=O)Cc2ccccc2)c1. The van der Waals surface area contributed by atoms with E-state index in [4.69, 9.17) is 16.3 Å². The minimum absolute atomic E-state index is 0.00208. The van der Waals surface area contributed by atoms with Crippen LogP contribution in [-0.4, -0.2) is 12.4 Å². The summed E-state index contributed by atoms with van der Waals surface area (Å²) in [5, 5.41) is 0.462. The van der Waals surface area contributed by atoms with Crippen molar-refractivity contribution in [3.63, 3.8) is 0 Å². The summed E-state index contributed by atoms with van der Waals surface area (Å²) in [6, 6.07) is 14.8. The molecule has 0 bridgehead atoms. The molecule has 0 aliphatic heterocycles. The lowest BCUT2D eigenvalue weighted by atomic mass is 10.0. The topological polar surface area (TPSA) is 26.3 Å². The Morgan fingerprint density at radius 2 is 1.89 bits per heavy atom. The second-order valence-corrected chi connectivity index (χ2v) is 4.57. The van der Waals surface area contributed by atoms with Gasteiger partial charge >= 0.3 is 0 Å². The van der Waals surface area contributed by atoms with Crippen LogP contribution in [0.4, 0.5) is 0 Å². The Balaban J connectivity index is 2.21. The van der Waals surface area contributed by atoms with Crippen LogP contribution in [0.5, 0.6) is 5.75 Å². The highest BCUT2D eigenvalue weighted by molar-refractivity contribution is 6.34. The molecule has 0 fully saturated rings. The van der Waals surface area contributed by atoms with Gasteiger partial charge < -0.3 is 4.74 Å². The molecule has 0 unspecified atom stereocenters. The highest BCUT2D eigenvalue weighted by Gasteiger charge is 2.12. The Bertz CT molecular complexity index is 564. The molecule has 19 heavy (non-hydrogen) atoms. The van der Waals surface area contributed by atoms with Crippen LogP contribution in [0.2, 0.25) is 5.02 Å². The second-order valence-electron chi connectivity index (χ2n) is 4.16. The number of ether oxygens (including phenoxy) is 1. The van der Waals surface area contributed by atoms with Crippen LogP contribution in [0.3, 0.4) is 0 Å². The Morgan fingerprint density at radius 3 is 2.58 bits per heavy atom. The number of carbonyl (C=O) groups is 1. The van der Waals surface area contributed by atoms with Gasteiger partial charge in [0.15, 0.2) is 5.78 Å². The molecule has 0 spiro atoms. The summed E-state index contributed by atoms with van der Waals surface area (Å²) < 4.78 is 5.39. The van der Waals surface area contributed by atoms with Crippen molar-refractivity contribution in [3.8, 4) is 5.75 Å². The van der Waals surface area contributed by atoms with E-state index in [0.29, 0.717) is 29.4 Å². The van der Waals surface area contributed by atoms with Crippen LogP contribution in [0.15, 0.2) is 48.5 Å². The maximum atomic E-state index is 12.3. The van der Waals surface area contributed by atoms with Gasteiger partial charge in [-0.15, -0.1) is 0 Å². The summed E-state index contributed by atoms with van der Waals surface area (Å²) in [4.78, 5) is 12.3. The summed E-state index contributed by atoms with van der Waals surface area (Å²) in [5.74, 6) is 0.668. The third kappa shape index (κ3) is 3.58. The average Bonchev–Trinajstić information content (AvgIpc) is 2.42. The first-order valence-electron chi connectivity index (χ1n) is 6.20. The first-order chi connectivity index (χ1) is 9.20. The molecule has 3 heteroatoms. The number of Topliss-reactive ketones (excluding diaryl/α,β-unsaturated/α-hetero) is 1. The van der Waals surface area contributed by atoms with Crippen molar-refractivity contribution in [2.45, 2.75) is 13.3 Å². The van der Waals surface area contributed by atoms with Crippen LogP contribution in [0.1, 0.15) is 22.8 Å². The molecule has 0 aliphatic rings. The van der Waals surface area contributed by atoms with E-state index in [9.17, 15) is 4.79 Å². The van der Waals surface area contributed by atoms with Crippen LogP contribution in [0.25, 0.3) is 0 Å². The van der Waals surface area contributed by atoms with Crippen LogP contribution < -0.4 is 4.74 Å². The zero-order valence-corrected chi connectivity index (χ0v) is 11.5. The second kappa shape index (κ2) is 6.39. The van der Waals surface area contributed by atoms with Crippen LogP contribution in [-0.2, 0) is 6.42 Å². The first kappa shape index (κ1) is 13.6. The van der Waals surface area contributed by atoms with E-state index in [-0.39, 0.29) is 5.78 Å². The highest BCUT2D eigenvalue weighted by Crippen LogP contribution is 2.23. The molecule has 0 aromatic heterocycles. The molecule has 0 atom stereocenters. The van der Waals surface area contributed by atoms with Gasteiger partial charge in [0, 0.05) is 12.0 Å². The molecule has 0 saturated heterocycles. The summed E-state index contributed by atoms with van der Waals surface area (Å²) in [7, 11) is 0. The van der Waals surface area contributed by atoms with Crippen molar-refractivity contribution in [2.24, 2.45) is 0 Å². The Kier molecular flexibility index (Phi) is 4.58. The lowest BCUT2D eigenvalue weighted by Gasteiger charge is -2.07. The summed E-state index contributed by atoms with van der Waals surface area (Å²) >= 11 is 6.08. The predicted molar refractivity (Wildman–Crippen MR) is 77.1 cm³/mol. The average molecular weight is 275 g/mol. The molecule has 0 N–H and O–H groups in total. The molecule has 0 aliphatic carbocycles. The lowest BCUT2D eigenvalue weighted by Crippen LogP contribution is -2.05.